The van der Waals surface area contributed by atoms with Crippen molar-refractivity contribution in [3.63, 3.8) is 0 Å². The normalized spacial score (nSPS) is 8.80. The smallest absolute Gasteiger partial charge is 0.217 e. The van der Waals surface area contributed by atoms with Crippen LogP contribution in [0.4, 0.5) is 9.41 Å². The third-order valence-corrected chi connectivity index (χ3v) is 3.58. The molecule has 0 bridgehead atoms. The molecule has 2 aromatic rings. The van der Waals surface area contributed by atoms with Gasteiger partial charge in [-0.25, -0.2) is 0 Å². The highest BCUT2D eigenvalue weighted by Gasteiger charge is 2.13. The van der Waals surface area contributed by atoms with Gasteiger partial charge in [0, 0.05) is 11.1 Å². The number of rotatable bonds is 3. The summed E-state index contributed by atoms with van der Waals surface area (Å²) in [5.41, 5.74) is 2.37. The van der Waals surface area contributed by atoms with E-state index in [0.29, 0.717) is 16.7 Å². The van der Waals surface area contributed by atoms with Crippen molar-refractivity contribution in [1.29, 1.82) is 5.26 Å². The van der Waals surface area contributed by atoms with Crippen LogP contribution in [0.1, 0.15) is 51.6 Å². The Balaban J connectivity index is 0. The fourth-order valence-electron chi connectivity index (χ4n) is 1.94. The van der Waals surface area contributed by atoms with Crippen LogP contribution in [-0.2, 0) is 0 Å². The van der Waals surface area contributed by atoms with Gasteiger partial charge in [-0.2, -0.15) is 5.26 Å². The Kier molecular flexibility index (Phi) is 12.3. The Labute approximate surface area is 156 Å². The second-order valence-electron chi connectivity index (χ2n) is 5.01. The summed E-state index contributed by atoms with van der Waals surface area (Å²) in [5.74, 6) is 0.234. The van der Waals surface area contributed by atoms with E-state index in [9.17, 15) is 9.59 Å². The summed E-state index contributed by atoms with van der Waals surface area (Å²) in [4.78, 5) is 21.6. The monoisotopic (exact) mass is 383 g/mol. The van der Waals surface area contributed by atoms with E-state index in [2.05, 4.69) is 31.3 Å². The number of hydrogen-bond acceptors (Lipinski definition) is 3. The van der Waals surface area contributed by atoms with Crippen LogP contribution >= 0.6 is 25.3 Å². The van der Waals surface area contributed by atoms with Gasteiger partial charge in [-0.05, 0) is 17.5 Å². The van der Waals surface area contributed by atoms with Gasteiger partial charge >= 0.3 is 0 Å². The molecule has 2 aromatic carbocycles. The highest BCUT2D eigenvalue weighted by molar-refractivity contribution is 7.97. The molecule has 0 saturated carbocycles. The maximum Gasteiger partial charge on any atom is 0.217 e. The van der Waals surface area contributed by atoms with Crippen molar-refractivity contribution in [2.45, 2.75) is 19.8 Å². The summed E-state index contributed by atoms with van der Waals surface area (Å²) >= 11 is 7.39. The maximum absolute atomic E-state index is 11.1. The molecule has 0 unspecified atom stereocenters. The van der Waals surface area contributed by atoms with E-state index in [0.717, 1.165) is 5.56 Å². The molecule has 7 heteroatoms. The lowest BCUT2D eigenvalue weighted by Crippen LogP contribution is -2.00. The van der Waals surface area contributed by atoms with Crippen molar-refractivity contribution in [1.82, 2.24) is 0 Å². The number of nitriles is 1. The Morgan fingerprint density at radius 3 is 1.84 bits per heavy atom. The third kappa shape index (κ3) is 7.50. The van der Waals surface area contributed by atoms with Gasteiger partial charge in [0.1, 0.15) is 6.07 Å². The second-order valence-corrected chi connectivity index (χ2v) is 5.82. The summed E-state index contributed by atoms with van der Waals surface area (Å²) < 4.78 is 0. The lowest BCUT2D eigenvalue weighted by molar-refractivity contribution is 0.108. The first-order valence-electron chi connectivity index (χ1n) is 6.93. The van der Waals surface area contributed by atoms with Crippen molar-refractivity contribution in [2.75, 3.05) is 0 Å². The highest BCUT2D eigenvalue weighted by Crippen LogP contribution is 2.22. The fourth-order valence-corrected chi connectivity index (χ4v) is 2.27. The van der Waals surface area contributed by atoms with Gasteiger partial charge in [0.2, 0.25) is 10.2 Å². The number of thiol groups is 2. The van der Waals surface area contributed by atoms with Crippen molar-refractivity contribution < 1.29 is 19.0 Å². The number of nitrogens with zero attached hydrogens (tertiary/aromatic N) is 1. The number of carbonyl (C=O) groups is 2. The maximum atomic E-state index is 11.1. The molecule has 0 N–H and O–H groups in total. The van der Waals surface area contributed by atoms with E-state index in [1.165, 1.54) is 0 Å². The zero-order valence-corrected chi connectivity index (χ0v) is 15.5. The zero-order chi connectivity index (χ0) is 17.4. The van der Waals surface area contributed by atoms with Crippen molar-refractivity contribution in [3.8, 4) is 6.07 Å². The summed E-state index contributed by atoms with van der Waals surface area (Å²) in [6.45, 7) is 3.98. The SMILES string of the molecule is CC(C)c1cccc(C(=O)S)c1C#N.F.F.O=C(S)c1ccccc1. The van der Waals surface area contributed by atoms with E-state index in [1.807, 2.05) is 38.1 Å². The third-order valence-electron chi connectivity index (χ3n) is 3.08. The number of halogens is 2. The van der Waals surface area contributed by atoms with E-state index < -0.39 is 0 Å². The molecule has 0 heterocycles. The first kappa shape index (κ1) is 25.1. The molecule has 0 atom stereocenters. The Bertz CT molecular complexity index is 744. The lowest BCUT2D eigenvalue weighted by atomic mass is 9.94. The Morgan fingerprint density at radius 2 is 1.48 bits per heavy atom. The topological polar surface area (TPSA) is 57.9 Å². The molecule has 3 nitrogen and oxygen atoms in total. The molecule has 0 aromatic heterocycles. The number of carbonyl (C=O) groups excluding carboxylic acids is 2. The minimum absolute atomic E-state index is 0. The van der Waals surface area contributed by atoms with Crippen molar-refractivity contribution in [2.24, 2.45) is 0 Å². The molecule has 0 aliphatic rings. The fraction of sp³-hybridized carbons (Fsp3) is 0.167. The molecule has 0 spiro atoms. The van der Waals surface area contributed by atoms with Crippen LogP contribution in [0.25, 0.3) is 0 Å². The number of hydrogen-bond donors (Lipinski definition) is 2. The molecule has 0 saturated heterocycles. The number of benzene rings is 2. The van der Waals surface area contributed by atoms with Crippen LogP contribution in [0.5, 0.6) is 0 Å². The largest absolute Gasteiger partial charge is 0.282 e. The van der Waals surface area contributed by atoms with Gasteiger partial charge in [-0.15, -0.1) is 25.3 Å². The molecule has 0 aliphatic heterocycles. The molecular formula is C18H19F2NO2S2. The molecule has 0 fully saturated rings. The second kappa shape index (κ2) is 12.2. The Morgan fingerprint density at radius 1 is 0.920 bits per heavy atom. The first-order chi connectivity index (χ1) is 10.9. The molecule has 0 aliphatic carbocycles. The van der Waals surface area contributed by atoms with Gasteiger partial charge in [0.15, 0.2) is 0 Å². The predicted molar refractivity (Wildman–Crippen MR) is 103 cm³/mol. The van der Waals surface area contributed by atoms with E-state index >= 15 is 0 Å². The quantitative estimate of drug-likeness (QED) is 0.748. The van der Waals surface area contributed by atoms with Crippen LogP contribution in [0.15, 0.2) is 48.5 Å². The van der Waals surface area contributed by atoms with Crippen LogP contribution in [0.3, 0.4) is 0 Å². The summed E-state index contributed by atoms with van der Waals surface area (Å²) in [7, 11) is 0. The van der Waals surface area contributed by atoms with E-state index in [1.54, 1.807) is 24.3 Å². The first-order valence-corrected chi connectivity index (χ1v) is 7.82. The van der Waals surface area contributed by atoms with Gasteiger partial charge in [0.05, 0.1) is 5.56 Å². The Hall–Kier alpha value is -2.17. The minimum atomic E-state index is -0.357. The van der Waals surface area contributed by atoms with Crippen molar-refractivity contribution >= 4 is 35.5 Å². The molecule has 2 rings (SSSR count). The molecule has 25 heavy (non-hydrogen) atoms. The van der Waals surface area contributed by atoms with Crippen molar-refractivity contribution in [3.05, 3.63) is 70.8 Å². The summed E-state index contributed by atoms with van der Waals surface area (Å²) in [6, 6.07) is 16.3. The predicted octanol–water partition coefficient (Wildman–Crippen LogP) is 4.81. The average molecular weight is 383 g/mol. The lowest BCUT2D eigenvalue weighted by Gasteiger charge is -2.09. The average Bonchev–Trinajstić information content (AvgIpc) is 2.55. The van der Waals surface area contributed by atoms with E-state index in [4.69, 9.17) is 5.26 Å². The van der Waals surface area contributed by atoms with E-state index in [-0.39, 0.29) is 25.6 Å². The zero-order valence-electron chi connectivity index (χ0n) is 13.7. The molecule has 134 valence electrons. The molecular weight excluding hydrogens is 364 g/mol. The van der Waals surface area contributed by atoms with Gasteiger partial charge < -0.3 is 0 Å². The van der Waals surface area contributed by atoms with Gasteiger partial charge in [-0.3, -0.25) is 19.0 Å². The van der Waals surface area contributed by atoms with Crippen LogP contribution in [0, 0.1) is 11.3 Å². The van der Waals surface area contributed by atoms with Gasteiger partial charge in [-0.1, -0.05) is 56.3 Å². The summed E-state index contributed by atoms with van der Waals surface area (Å²) in [6.07, 6.45) is 0. The molecule has 0 radical (unpaired) electrons. The van der Waals surface area contributed by atoms with Crippen LogP contribution < -0.4 is 0 Å². The summed E-state index contributed by atoms with van der Waals surface area (Å²) in [5, 5.41) is 8.42. The van der Waals surface area contributed by atoms with Crippen LogP contribution in [0.2, 0.25) is 0 Å². The minimum Gasteiger partial charge on any atom is -0.282 e. The van der Waals surface area contributed by atoms with Gasteiger partial charge in [0.25, 0.3) is 0 Å². The standard InChI is InChI=1S/C11H11NOS.C7H6OS.2FH/c1-7(2)8-4-3-5-9(11(13)14)10(8)6-12;8-7(9)6-4-2-1-3-5-6;;/h3-5,7H,1-2H3,(H,13,14);1-5H,(H,8,9);2*1H. The van der Waals surface area contributed by atoms with Crippen LogP contribution in [-0.4, -0.2) is 10.2 Å². The molecule has 0 amide bonds. The highest BCUT2D eigenvalue weighted by atomic mass is 32.1.